The van der Waals surface area contributed by atoms with Crippen LogP contribution >= 0.6 is 7.26 Å². The molecule has 0 bridgehead atoms. The Morgan fingerprint density at radius 2 is 1.12 bits per heavy atom. The van der Waals surface area contributed by atoms with Crippen LogP contribution in [0.1, 0.15) is 0 Å². The molecule has 0 aliphatic carbocycles. The van der Waals surface area contributed by atoms with Gasteiger partial charge in [-0.1, -0.05) is 5.92 Å². The molecule has 0 unspecified atom stereocenters. The molecule has 0 heterocycles. The lowest BCUT2D eigenvalue weighted by Gasteiger charge is -2.31. The van der Waals surface area contributed by atoms with Crippen molar-refractivity contribution in [1.29, 1.82) is 0 Å². The van der Waals surface area contributed by atoms with Crippen LogP contribution in [0.15, 0.2) is 0 Å². The smallest absolute Gasteiger partial charge is 0.423 e. The molecular weight excluding hydrogens is 387 g/mol. The van der Waals surface area contributed by atoms with Gasteiger partial charge in [-0.2, -0.15) is 0 Å². The molecule has 0 aliphatic heterocycles. The third-order valence-electron chi connectivity index (χ3n) is 2.90. The van der Waals surface area contributed by atoms with Gasteiger partial charge in [-0.05, 0) is 58.9 Å². The summed E-state index contributed by atoms with van der Waals surface area (Å²) in [7, 11) is -7.83. The minimum atomic E-state index is -2.43. The first-order valence-corrected chi connectivity index (χ1v) is 21.1. The fourth-order valence-corrected chi connectivity index (χ4v) is 9.95. The zero-order valence-corrected chi connectivity index (χ0v) is 21.3. The Morgan fingerprint density at radius 1 is 0.800 bits per heavy atom. The van der Waals surface area contributed by atoms with Crippen LogP contribution in [0, 0.1) is 12.3 Å². The van der Waals surface area contributed by atoms with Crippen LogP contribution < -0.4 is 0 Å². The predicted molar refractivity (Wildman–Crippen MR) is 115 cm³/mol. The van der Waals surface area contributed by atoms with Crippen molar-refractivity contribution < 1.29 is 22.8 Å². The molecule has 146 valence electrons. The van der Waals surface area contributed by atoms with Crippen molar-refractivity contribution in [3.8, 4) is 12.3 Å². The molecule has 25 heavy (non-hydrogen) atoms. The number of hydrogen-bond donors (Lipinski definition) is 0. The molecule has 5 nitrogen and oxygen atoms in total. The standard InChI is InChI=1S/C16H36O5PSi3/c1-11-12-18-16(17)22(13-19-23(2,3)4,14-20-24(5,6)7)15-21-25(8,9)10/h1H,12-15H2,2-10H3/q+1. The first kappa shape index (κ1) is 25.0. The Balaban J connectivity index is 5.57. The normalized spacial score (nSPS) is 13.4. The van der Waals surface area contributed by atoms with E-state index in [2.05, 4.69) is 64.8 Å². The van der Waals surface area contributed by atoms with Crippen molar-refractivity contribution in [3.63, 3.8) is 0 Å². The molecule has 0 saturated carbocycles. The molecule has 0 N–H and O–H groups in total. The average molecular weight is 424 g/mol. The fourth-order valence-electron chi connectivity index (χ4n) is 1.46. The van der Waals surface area contributed by atoms with Crippen molar-refractivity contribution in [2.45, 2.75) is 58.9 Å². The number of ether oxygens (including phenoxy) is 1. The van der Waals surface area contributed by atoms with E-state index in [1.807, 2.05) is 0 Å². The number of carbonyl (C=O) groups is 1. The number of rotatable bonds is 11. The second kappa shape index (κ2) is 9.79. The van der Waals surface area contributed by atoms with Crippen molar-refractivity contribution >= 4 is 37.9 Å². The highest BCUT2D eigenvalue weighted by Crippen LogP contribution is 2.61. The largest absolute Gasteiger partial charge is 0.459 e. The second-order valence-corrected chi connectivity index (χ2v) is 26.0. The lowest BCUT2D eigenvalue weighted by atomic mass is 10.8. The maximum atomic E-state index is 12.9. The van der Waals surface area contributed by atoms with Crippen LogP contribution in [-0.4, -0.2) is 56.3 Å². The lowest BCUT2D eigenvalue weighted by Crippen LogP contribution is -2.36. The van der Waals surface area contributed by atoms with Crippen molar-refractivity contribution in [3.05, 3.63) is 0 Å². The van der Waals surface area contributed by atoms with Gasteiger partial charge in [0.1, 0.15) is 0 Å². The third kappa shape index (κ3) is 12.1. The molecule has 0 rings (SSSR count). The van der Waals surface area contributed by atoms with Gasteiger partial charge in [0.15, 0.2) is 50.6 Å². The van der Waals surface area contributed by atoms with Crippen molar-refractivity contribution in [1.82, 2.24) is 0 Å². The predicted octanol–water partition coefficient (Wildman–Crippen LogP) is 5.20. The summed E-state index contributed by atoms with van der Waals surface area (Å²) in [5.74, 6) is 2.37. The maximum absolute atomic E-state index is 12.9. The minimum absolute atomic E-state index is 0.0343. The Hall–Kier alpha value is -0.00935. The van der Waals surface area contributed by atoms with E-state index in [1.165, 1.54) is 0 Å². The molecule has 0 saturated heterocycles. The number of hydrogen-bond acceptors (Lipinski definition) is 5. The van der Waals surface area contributed by atoms with E-state index in [0.717, 1.165) is 0 Å². The quantitative estimate of drug-likeness (QED) is 0.260. The summed E-state index contributed by atoms with van der Waals surface area (Å²) in [6.07, 6.45) is 6.26. The molecule has 0 radical (unpaired) electrons. The van der Waals surface area contributed by atoms with Gasteiger partial charge in [0.25, 0.3) is 0 Å². The van der Waals surface area contributed by atoms with Gasteiger partial charge in [-0.25, -0.2) is 4.79 Å². The Labute approximate surface area is 157 Å². The van der Waals surface area contributed by atoms with Gasteiger partial charge in [-0.15, -0.1) is 6.42 Å². The molecule has 0 amide bonds. The lowest BCUT2D eigenvalue weighted by molar-refractivity contribution is 0.184. The van der Waals surface area contributed by atoms with Crippen LogP contribution in [0.4, 0.5) is 4.79 Å². The van der Waals surface area contributed by atoms with Crippen molar-refractivity contribution in [2.75, 3.05) is 25.7 Å². The van der Waals surface area contributed by atoms with Gasteiger partial charge in [-0.3, -0.25) is 0 Å². The van der Waals surface area contributed by atoms with E-state index < -0.39 is 32.2 Å². The van der Waals surface area contributed by atoms with Gasteiger partial charge >= 0.3 is 5.71 Å². The average Bonchev–Trinajstić information content (AvgIpc) is 2.41. The highest BCUT2D eigenvalue weighted by atomic mass is 31.2. The number of terminal acetylenes is 1. The molecule has 0 aromatic carbocycles. The van der Waals surface area contributed by atoms with Gasteiger partial charge < -0.3 is 18.0 Å². The van der Waals surface area contributed by atoms with Crippen LogP contribution in [0.5, 0.6) is 0 Å². The molecule has 0 spiro atoms. The SMILES string of the molecule is C#CCOC(=O)[P+](CO[Si](C)(C)C)(CO[Si](C)(C)C)CO[Si](C)(C)C. The molecule has 0 aromatic rings. The van der Waals surface area contributed by atoms with Crippen LogP contribution in [0.2, 0.25) is 58.9 Å². The topological polar surface area (TPSA) is 54.0 Å². The summed E-state index contributed by atoms with van der Waals surface area (Å²) in [5, 5.41) is 0. The van der Waals surface area contributed by atoms with Gasteiger partial charge in [0.2, 0.25) is 7.26 Å². The van der Waals surface area contributed by atoms with E-state index in [4.69, 9.17) is 24.4 Å². The highest BCUT2D eigenvalue weighted by Gasteiger charge is 2.52. The van der Waals surface area contributed by atoms with Crippen LogP contribution in [-0.2, 0) is 18.0 Å². The van der Waals surface area contributed by atoms with Crippen molar-refractivity contribution in [2.24, 2.45) is 0 Å². The summed E-state index contributed by atoms with van der Waals surface area (Å²) < 4.78 is 23.7. The van der Waals surface area contributed by atoms with Crippen LogP contribution in [0.25, 0.3) is 0 Å². The molecule has 0 aromatic heterocycles. The third-order valence-corrected chi connectivity index (χ3v) is 9.43. The maximum Gasteiger partial charge on any atom is 0.459 e. The van der Waals surface area contributed by atoms with Gasteiger partial charge in [0.05, 0.1) is 0 Å². The first-order chi connectivity index (χ1) is 11.1. The number of carbonyl (C=O) groups excluding carboxylic acids is 1. The molecule has 9 heteroatoms. The zero-order chi connectivity index (χ0) is 19.9. The molecule has 0 aliphatic rings. The summed E-state index contributed by atoms with van der Waals surface area (Å²) in [4.78, 5) is 12.9. The summed E-state index contributed by atoms with van der Waals surface area (Å²) in [5.41, 5.74) is -0.291. The van der Waals surface area contributed by atoms with E-state index in [1.54, 1.807) is 0 Å². The Morgan fingerprint density at radius 3 is 1.36 bits per heavy atom. The highest BCUT2D eigenvalue weighted by molar-refractivity contribution is 7.90. The van der Waals surface area contributed by atoms with E-state index >= 15 is 0 Å². The first-order valence-electron chi connectivity index (χ1n) is 8.49. The molecule has 0 fully saturated rings. The summed E-state index contributed by atoms with van der Waals surface area (Å²) in [6, 6.07) is 0. The Bertz CT molecular complexity index is 427. The molecular formula is C16H36O5PSi3+. The van der Waals surface area contributed by atoms with E-state index in [0.29, 0.717) is 19.0 Å². The second-order valence-electron chi connectivity index (χ2n) is 9.06. The van der Waals surface area contributed by atoms with E-state index in [-0.39, 0.29) is 12.3 Å². The minimum Gasteiger partial charge on any atom is -0.423 e. The van der Waals surface area contributed by atoms with E-state index in [9.17, 15) is 4.79 Å². The van der Waals surface area contributed by atoms with Gasteiger partial charge in [0, 0.05) is 0 Å². The van der Waals surface area contributed by atoms with Crippen LogP contribution in [0.3, 0.4) is 0 Å². The monoisotopic (exact) mass is 423 g/mol. The zero-order valence-electron chi connectivity index (χ0n) is 17.4. The fraction of sp³-hybridized carbons (Fsp3) is 0.812. The summed E-state index contributed by atoms with van der Waals surface area (Å²) in [6.45, 7) is 18.9. The Kier molecular flexibility index (Phi) is 9.79. The summed E-state index contributed by atoms with van der Waals surface area (Å²) >= 11 is 0. The molecule has 0 atom stereocenters.